The zero-order chi connectivity index (χ0) is 20.0. The summed E-state index contributed by atoms with van der Waals surface area (Å²) in [6.45, 7) is 8.30. The van der Waals surface area contributed by atoms with Gasteiger partial charge in [-0.15, -0.1) is 15.0 Å². The molecule has 3 aromatic rings. The van der Waals surface area contributed by atoms with Crippen molar-refractivity contribution in [2.24, 2.45) is 0 Å². The molecule has 0 unspecified atom stereocenters. The highest BCUT2D eigenvalue weighted by Gasteiger charge is 2.21. The number of nitrogens with zero attached hydrogens (tertiary/aromatic N) is 3. The molecule has 144 valence electrons. The van der Waals surface area contributed by atoms with Gasteiger partial charge in [0.05, 0.1) is 4.90 Å². The molecule has 0 aliphatic heterocycles. The van der Waals surface area contributed by atoms with Crippen LogP contribution in [0.15, 0.2) is 35.2 Å². The van der Waals surface area contributed by atoms with Crippen molar-refractivity contribution in [2.45, 2.75) is 50.8 Å². The van der Waals surface area contributed by atoms with Crippen molar-refractivity contribution < 1.29 is 18.1 Å². The van der Waals surface area contributed by atoms with E-state index in [1.165, 1.54) is 23.0 Å². The van der Waals surface area contributed by atoms with Crippen LogP contribution in [0.5, 0.6) is 5.75 Å². The first-order valence-electron chi connectivity index (χ1n) is 8.72. The van der Waals surface area contributed by atoms with Crippen molar-refractivity contribution in [3.63, 3.8) is 0 Å². The Morgan fingerprint density at radius 3 is 2.33 bits per heavy atom. The highest BCUT2D eigenvalue weighted by molar-refractivity contribution is 7.85. The smallest absolute Gasteiger partial charge is 0.294 e. The standard InChI is InChI=1S/C19H23N3O4S/c1-5-6-12-9-13(19(2,3)4)10-17(18(12)23)22-20-15-8-7-14(27(24,25)26)11-16(15)21-22/h7-11,23H,5-6H2,1-4H3,(H,24,25,26). The third-order valence-corrected chi connectivity index (χ3v) is 5.27. The number of phenolic OH excluding ortho intramolecular Hbond substituents is 1. The van der Waals surface area contributed by atoms with E-state index in [0.717, 1.165) is 24.0 Å². The van der Waals surface area contributed by atoms with Gasteiger partial charge in [0, 0.05) is 0 Å². The molecule has 1 heterocycles. The van der Waals surface area contributed by atoms with Crippen LogP contribution in [-0.2, 0) is 22.0 Å². The largest absolute Gasteiger partial charge is 0.505 e. The average Bonchev–Trinajstić information content (AvgIpc) is 2.97. The van der Waals surface area contributed by atoms with Gasteiger partial charge < -0.3 is 5.11 Å². The van der Waals surface area contributed by atoms with E-state index in [4.69, 9.17) is 0 Å². The minimum absolute atomic E-state index is 0.111. The lowest BCUT2D eigenvalue weighted by Crippen LogP contribution is -2.13. The number of aromatic nitrogens is 3. The molecule has 7 nitrogen and oxygen atoms in total. The molecule has 0 bridgehead atoms. The quantitative estimate of drug-likeness (QED) is 0.660. The van der Waals surface area contributed by atoms with Gasteiger partial charge in [-0.1, -0.05) is 40.2 Å². The predicted molar refractivity (Wildman–Crippen MR) is 103 cm³/mol. The maximum Gasteiger partial charge on any atom is 0.294 e. The van der Waals surface area contributed by atoms with Gasteiger partial charge >= 0.3 is 0 Å². The molecule has 0 spiro atoms. The van der Waals surface area contributed by atoms with Gasteiger partial charge in [-0.3, -0.25) is 4.55 Å². The van der Waals surface area contributed by atoms with Crippen molar-refractivity contribution in [3.8, 4) is 11.4 Å². The van der Waals surface area contributed by atoms with E-state index in [9.17, 15) is 18.1 Å². The SMILES string of the molecule is CCCc1cc(C(C)(C)C)cc(-n2nc3ccc(S(=O)(=O)O)cc3n2)c1O. The number of benzene rings is 2. The normalized spacial score (nSPS) is 12.6. The molecule has 0 fully saturated rings. The summed E-state index contributed by atoms with van der Waals surface area (Å²) in [5, 5.41) is 19.4. The first-order chi connectivity index (χ1) is 12.5. The Kier molecular flexibility index (Phi) is 4.73. The van der Waals surface area contributed by atoms with Gasteiger partial charge in [0.15, 0.2) is 0 Å². The molecule has 27 heavy (non-hydrogen) atoms. The first-order valence-corrected chi connectivity index (χ1v) is 10.2. The second kappa shape index (κ2) is 6.61. The van der Waals surface area contributed by atoms with Crippen molar-refractivity contribution >= 4 is 21.2 Å². The molecule has 0 aliphatic rings. The second-order valence-corrected chi connectivity index (χ2v) is 9.04. The summed E-state index contributed by atoms with van der Waals surface area (Å²) in [4.78, 5) is 1.06. The minimum atomic E-state index is -4.32. The molecular formula is C19H23N3O4S. The molecule has 2 N–H and O–H groups in total. The Labute approximate surface area is 158 Å². The van der Waals surface area contributed by atoms with E-state index in [0.29, 0.717) is 16.7 Å². The fourth-order valence-electron chi connectivity index (χ4n) is 2.89. The molecule has 3 rings (SSSR count). The van der Waals surface area contributed by atoms with Crippen molar-refractivity contribution in [3.05, 3.63) is 41.5 Å². The summed E-state index contributed by atoms with van der Waals surface area (Å²) in [6, 6.07) is 7.84. The van der Waals surface area contributed by atoms with Gasteiger partial charge in [0.25, 0.3) is 10.1 Å². The maximum atomic E-state index is 11.3. The van der Waals surface area contributed by atoms with E-state index >= 15 is 0 Å². The number of hydrogen-bond acceptors (Lipinski definition) is 5. The maximum absolute atomic E-state index is 11.3. The van der Waals surface area contributed by atoms with Crippen LogP contribution in [0.25, 0.3) is 16.7 Å². The first kappa shape index (κ1) is 19.3. The van der Waals surface area contributed by atoms with E-state index in [1.807, 2.05) is 19.1 Å². The molecular weight excluding hydrogens is 366 g/mol. The minimum Gasteiger partial charge on any atom is -0.505 e. The van der Waals surface area contributed by atoms with Gasteiger partial charge in [-0.05, 0) is 47.2 Å². The van der Waals surface area contributed by atoms with Crippen molar-refractivity contribution in [1.29, 1.82) is 0 Å². The van der Waals surface area contributed by atoms with Crippen LogP contribution < -0.4 is 0 Å². The molecule has 0 saturated carbocycles. The number of aromatic hydroxyl groups is 1. The fourth-order valence-corrected chi connectivity index (χ4v) is 3.39. The summed E-state index contributed by atoms with van der Waals surface area (Å²) in [5.41, 5.74) is 2.94. The van der Waals surface area contributed by atoms with Crippen molar-refractivity contribution in [2.75, 3.05) is 0 Å². The van der Waals surface area contributed by atoms with Crippen LogP contribution in [0, 0.1) is 0 Å². The van der Waals surface area contributed by atoms with Crippen molar-refractivity contribution in [1.82, 2.24) is 15.0 Å². The zero-order valence-corrected chi connectivity index (χ0v) is 16.6. The van der Waals surface area contributed by atoms with Crippen LogP contribution >= 0.6 is 0 Å². The monoisotopic (exact) mass is 389 g/mol. The Hall–Kier alpha value is -2.45. The third kappa shape index (κ3) is 3.81. The van der Waals surface area contributed by atoms with Gasteiger partial charge in [-0.25, -0.2) is 0 Å². The predicted octanol–water partition coefficient (Wildman–Crippen LogP) is 3.62. The lowest BCUT2D eigenvalue weighted by molar-refractivity contribution is 0.458. The lowest BCUT2D eigenvalue weighted by atomic mass is 9.85. The second-order valence-electron chi connectivity index (χ2n) is 7.62. The summed E-state index contributed by atoms with van der Waals surface area (Å²) < 4.78 is 31.9. The Morgan fingerprint density at radius 1 is 1.07 bits per heavy atom. The van der Waals surface area contributed by atoms with E-state index in [1.54, 1.807) is 0 Å². The molecule has 0 amide bonds. The van der Waals surface area contributed by atoms with Crippen LogP contribution in [0.4, 0.5) is 0 Å². The molecule has 0 atom stereocenters. The van der Waals surface area contributed by atoms with E-state index in [-0.39, 0.29) is 16.1 Å². The van der Waals surface area contributed by atoms with Gasteiger partial charge in [-0.2, -0.15) is 8.42 Å². The summed E-state index contributed by atoms with van der Waals surface area (Å²) >= 11 is 0. The number of fused-ring (bicyclic) bond motifs is 1. The molecule has 1 aromatic heterocycles. The van der Waals surface area contributed by atoms with Crippen LogP contribution in [0.2, 0.25) is 0 Å². The molecule has 0 aliphatic carbocycles. The van der Waals surface area contributed by atoms with Crippen LogP contribution in [0.3, 0.4) is 0 Å². The fraction of sp³-hybridized carbons (Fsp3) is 0.368. The average molecular weight is 389 g/mol. The number of aryl methyl sites for hydroxylation is 1. The summed E-state index contributed by atoms with van der Waals surface area (Å²) in [5.74, 6) is 0.111. The number of phenols is 1. The Balaban J connectivity index is 2.21. The Bertz CT molecular complexity index is 1110. The lowest BCUT2D eigenvalue weighted by Gasteiger charge is -2.22. The number of rotatable bonds is 4. The highest BCUT2D eigenvalue weighted by Crippen LogP contribution is 2.34. The highest BCUT2D eigenvalue weighted by atomic mass is 32.2. The van der Waals surface area contributed by atoms with Gasteiger partial charge in [0.2, 0.25) is 0 Å². The summed E-state index contributed by atoms with van der Waals surface area (Å²) in [6.07, 6.45) is 1.60. The molecule has 0 saturated heterocycles. The molecule has 8 heteroatoms. The Morgan fingerprint density at radius 2 is 1.74 bits per heavy atom. The third-order valence-electron chi connectivity index (χ3n) is 4.42. The zero-order valence-electron chi connectivity index (χ0n) is 15.8. The summed E-state index contributed by atoms with van der Waals surface area (Å²) in [7, 11) is -4.32. The molecule has 0 radical (unpaired) electrons. The van der Waals surface area contributed by atoms with Crippen LogP contribution in [0.1, 0.15) is 45.2 Å². The molecule has 2 aromatic carbocycles. The van der Waals surface area contributed by atoms with Gasteiger partial charge in [0.1, 0.15) is 22.5 Å². The number of hydrogen-bond donors (Lipinski definition) is 2. The van der Waals surface area contributed by atoms with E-state index in [2.05, 4.69) is 31.0 Å². The topological polar surface area (TPSA) is 105 Å². The van der Waals surface area contributed by atoms with E-state index < -0.39 is 10.1 Å². The van der Waals surface area contributed by atoms with Crippen LogP contribution in [-0.4, -0.2) is 33.1 Å².